The van der Waals surface area contributed by atoms with Gasteiger partial charge in [0.25, 0.3) is 0 Å². The molecule has 0 atom stereocenters. The van der Waals surface area contributed by atoms with E-state index in [1.165, 1.54) is 0 Å². The molecule has 0 unspecified atom stereocenters. The van der Waals surface area contributed by atoms with Gasteiger partial charge in [0.2, 0.25) is 0 Å². The molecule has 0 heterocycles. The molecule has 0 fully saturated rings. The summed E-state index contributed by atoms with van der Waals surface area (Å²) in [6.45, 7) is 0. The van der Waals surface area contributed by atoms with E-state index in [2.05, 4.69) is 0 Å². The van der Waals surface area contributed by atoms with E-state index in [1.807, 2.05) is 0 Å². The van der Waals surface area contributed by atoms with Crippen LogP contribution in [0.15, 0.2) is 0 Å². The molecule has 0 aromatic carbocycles. The zero-order chi connectivity index (χ0) is 3.58. The van der Waals surface area contributed by atoms with Gasteiger partial charge in [0.1, 0.15) is 0 Å². The van der Waals surface area contributed by atoms with Gasteiger partial charge < -0.3 is 13.1 Å². The molecule has 0 saturated heterocycles. The molecule has 5 heteroatoms. The Hall–Kier alpha value is 0.660. The van der Waals surface area contributed by atoms with E-state index in [4.69, 9.17) is 15.0 Å². The molecule has 0 spiro atoms. The Labute approximate surface area is 66.6 Å². The van der Waals surface area contributed by atoms with E-state index in [1.54, 1.807) is 0 Å². The van der Waals surface area contributed by atoms with Crippen molar-refractivity contribution in [1.29, 1.82) is 0 Å². The smallest absolute Gasteiger partial charge is 1.00 e. The first kappa shape index (κ1) is 15.9. The molecule has 30 valence electrons. The maximum Gasteiger partial charge on any atom is 2.00 e. The molecule has 0 bridgehead atoms. The summed E-state index contributed by atoms with van der Waals surface area (Å²) in [6, 6.07) is 0. The van der Waals surface area contributed by atoms with Crippen LogP contribution in [0.25, 0.3) is 0 Å². The first-order valence-electron chi connectivity index (χ1n) is 0.651. The van der Waals surface area contributed by atoms with Crippen molar-refractivity contribution >= 4 is 29.2 Å². The summed E-state index contributed by atoms with van der Waals surface area (Å²) < 4.78 is 0. The van der Waals surface area contributed by atoms with Gasteiger partial charge in [-0.3, -0.25) is 0 Å². The second-order valence-corrected chi connectivity index (χ2v) is 0.283. The number of hydrogen-bond acceptors (Lipinski definition) is 1. The summed E-state index contributed by atoms with van der Waals surface area (Å²) in [5.41, 5.74) is 0. The standard InChI is InChI=1S/CH2O3.Mg.Zn.2H/c2-1(3)4;;;;/h(H2,2,3,4);;;;/q;+2;;2*-1. The van der Waals surface area contributed by atoms with Crippen LogP contribution in [0.3, 0.4) is 0 Å². The van der Waals surface area contributed by atoms with E-state index in [0.29, 0.717) is 0 Å². The van der Waals surface area contributed by atoms with E-state index in [9.17, 15) is 0 Å². The van der Waals surface area contributed by atoms with Crippen molar-refractivity contribution in [2.24, 2.45) is 0 Å². The third-order valence-corrected chi connectivity index (χ3v) is 0. The van der Waals surface area contributed by atoms with Crippen LogP contribution in [0.5, 0.6) is 0 Å². The quantitative estimate of drug-likeness (QED) is 0.485. The number of hydrogen-bond donors (Lipinski definition) is 2. The minimum Gasteiger partial charge on any atom is -1.00 e. The van der Waals surface area contributed by atoms with Crippen molar-refractivity contribution in [3.05, 3.63) is 0 Å². The van der Waals surface area contributed by atoms with Gasteiger partial charge in [-0.1, -0.05) is 0 Å². The molecular weight excluding hydrogens is 150 g/mol. The molecule has 0 aliphatic heterocycles. The molecule has 0 aromatic heterocycles. The third kappa shape index (κ3) is 143. The molecule has 3 nitrogen and oxygen atoms in total. The molecule has 6 heavy (non-hydrogen) atoms. The Morgan fingerprint density at radius 1 is 1.50 bits per heavy atom. The Morgan fingerprint density at radius 2 is 1.50 bits per heavy atom. The number of rotatable bonds is 0. The van der Waals surface area contributed by atoms with Gasteiger partial charge in [0, 0.05) is 19.5 Å². The van der Waals surface area contributed by atoms with Crippen LogP contribution in [0, 0.1) is 0 Å². The molecule has 0 rings (SSSR count). The largest absolute Gasteiger partial charge is 2.00 e. The van der Waals surface area contributed by atoms with Gasteiger partial charge in [-0.15, -0.1) is 0 Å². The van der Waals surface area contributed by atoms with E-state index in [-0.39, 0.29) is 45.4 Å². The fourth-order valence-corrected chi connectivity index (χ4v) is 0. The molecule has 0 aliphatic rings. The summed E-state index contributed by atoms with van der Waals surface area (Å²) in [5.74, 6) is 0. The average molecular weight is 154 g/mol. The maximum atomic E-state index is 8.56. The predicted molar refractivity (Wildman–Crippen MR) is 18.6 cm³/mol. The molecule has 0 aromatic rings. The van der Waals surface area contributed by atoms with E-state index >= 15 is 0 Å². The van der Waals surface area contributed by atoms with Crippen LogP contribution in [0.1, 0.15) is 2.85 Å². The Bertz CT molecular complexity index is 40.3. The normalized spacial score (nSPS) is 4.00. The first-order valence-corrected chi connectivity index (χ1v) is 0.651. The predicted octanol–water partition coefficient (Wildman–Crippen LogP) is 0.0641. The van der Waals surface area contributed by atoms with Gasteiger partial charge >= 0.3 is 29.2 Å². The average Bonchev–Trinajstić information content (AvgIpc) is 0.811. The van der Waals surface area contributed by atoms with E-state index < -0.39 is 6.16 Å². The zero-order valence-electron chi connectivity index (χ0n) is 5.22. The van der Waals surface area contributed by atoms with Crippen LogP contribution in [0.4, 0.5) is 4.79 Å². The molecule has 0 saturated carbocycles. The third-order valence-electron chi connectivity index (χ3n) is 0. The SMILES string of the molecule is O=C(O)O.[H-].[H-].[Mg+2].[Zn]. The Balaban J connectivity index is -0.00000000750. The minimum absolute atomic E-state index is 0. The zero-order valence-corrected chi connectivity index (χ0v) is 7.60. The second-order valence-electron chi connectivity index (χ2n) is 0.283. The first-order chi connectivity index (χ1) is 1.73. The fourth-order valence-electron chi connectivity index (χ4n) is 0. The molecule has 0 amide bonds. The van der Waals surface area contributed by atoms with E-state index in [0.717, 1.165) is 0 Å². The Kier molecular flexibility index (Phi) is 24.4. The van der Waals surface area contributed by atoms with Crippen molar-refractivity contribution in [3.63, 3.8) is 0 Å². The molecule has 0 aliphatic carbocycles. The molecule has 0 radical (unpaired) electrons. The van der Waals surface area contributed by atoms with Crippen molar-refractivity contribution in [1.82, 2.24) is 0 Å². The maximum absolute atomic E-state index is 8.56. The molecular formula is CH4MgO3Zn. The van der Waals surface area contributed by atoms with Gasteiger partial charge in [-0.25, -0.2) is 4.79 Å². The second kappa shape index (κ2) is 9.18. The van der Waals surface area contributed by atoms with Crippen molar-refractivity contribution in [3.8, 4) is 0 Å². The van der Waals surface area contributed by atoms with Crippen LogP contribution in [-0.4, -0.2) is 39.4 Å². The monoisotopic (exact) mass is 152 g/mol. The van der Waals surface area contributed by atoms with Gasteiger partial charge in [0.15, 0.2) is 0 Å². The van der Waals surface area contributed by atoms with Crippen molar-refractivity contribution < 1.29 is 37.3 Å². The van der Waals surface area contributed by atoms with Crippen molar-refractivity contribution in [2.75, 3.05) is 0 Å². The van der Waals surface area contributed by atoms with Crippen LogP contribution in [-0.2, 0) is 19.5 Å². The summed E-state index contributed by atoms with van der Waals surface area (Å²) in [4.78, 5) is 8.56. The number of carboxylic acid groups (broad SMARTS) is 2. The number of carbonyl (C=O) groups is 1. The topological polar surface area (TPSA) is 57.5 Å². The van der Waals surface area contributed by atoms with Crippen LogP contribution < -0.4 is 0 Å². The van der Waals surface area contributed by atoms with Crippen LogP contribution >= 0.6 is 0 Å². The minimum atomic E-state index is -1.83. The van der Waals surface area contributed by atoms with Gasteiger partial charge in [-0.05, 0) is 0 Å². The fraction of sp³-hybridized carbons (Fsp3) is 0. The summed E-state index contributed by atoms with van der Waals surface area (Å²) in [5, 5.41) is 13.9. The summed E-state index contributed by atoms with van der Waals surface area (Å²) in [6.07, 6.45) is -1.83. The summed E-state index contributed by atoms with van der Waals surface area (Å²) in [7, 11) is 0. The van der Waals surface area contributed by atoms with Crippen molar-refractivity contribution in [2.45, 2.75) is 0 Å². The van der Waals surface area contributed by atoms with Gasteiger partial charge in [-0.2, -0.15) is 0 Å². The molecule has 2 N–H and O–H groups in total. The van der Waals surface area contributed by atoms with Gasteiger partial charge in [0.05, 0.1) is 0 Å². The van der Waals surface area contributed by atoms with Crippen LogP contribution in [0.2, 0.25) is 0 Å². The Morgan fingerprint density at radius 3 is 1.50 bits per heavy atom. The summed E-state index contributed by atoms with van der Waals surface area (Å²) >= 11 is 0.